The fourth-order valence-corrected chi connectivity index (χ4v) is 17.1. The van der Waals surface area contributed by atoms with E-state index >= 15 is 0 Å². The Hall–Kier alpha value is -3.80. The second-order valence-electron chi connectivity index (χ2n) is 23.7. The van der Waals surface area contributed by atoms with Crippen molar-refractivity contribution in [1.82, 2.24) is 25.2 Å². The Kier molecular flexibility index (Phi) is 23.3. The molecule has 10 rings (SSSR count). The average Bonchev–Trinajstić information content (AvgIpc) is 1.75. The summed E-state index contributed by atoms with van der Waals surface area (Å²) in [6, 6.07) is 21.7. The molecule has 4 fully saturated rings. The lowest BCUT2D eigenvalue weighted by molar-refractivity contribution is -0.119. The zero-order valence-electron chi connectivity index (χ0n) is 48.7. The third kappa shape index (κ3) is 17.2. The van der Waals surface area contributed by atoms with Gasteiger partial charge < -0.3 is 39.1 Å². The molecule has 8 atom stereocenters. The van der Waals surface area contributed by atoms with Crippen LogP contribution in [0.15, 0.2) is 82.6 Å². The van der Waals surface area contributed by atoms with Crippen molar-refractivity contribution in [3.05, 3.63) is 115 Å². The highest BCUT2D eigenvalue weighted by atomic mass is 35.5. The van der Waals surface area contributed by atoms with Crippen molar-refractivity contribution in [2.75, 3.05) is 91.3 Å². The van der Waals surface area contributed by atoms with Crippen LogP contribution in [0.5, 0.6) is 11.5 Å². The van der Waals surface area contributed by atoms with E-state index < -0.39 is 19.9 Å². The Morgan fingerprint density at radius 2 is 1.01 bits per heavy atom. The van der Waals surface area contributed by atoms with Crippen LogP contribution in [0, 0.1) is 11.8 Å². The number of unbranched alkanes of at least 4 members (excludes halogenated alkanes) is 2. The molecule has 0 radical (unpaired) electrons. The van der Waals surface area contributed by atoms with E-state index in [0.29, 0.717) is 122 Å². The summed E-state index contributed by atoms with van der Waals surface area (Å²) < 4.78 is 90.7. The largest absolute Gasteiger partial charge is 0.484 e. The number of piperidine rings is 2. The lowest BCUT2D eigenvalue weighted by Gasteiger charge is -2.36. The van der Waals surface area contributed by atoms with Crippen LogP contribution in [0.3, 0.4) is 0 Å². The number of amides is 2. The molecule has 4 aromatic carbocycles. The number of ketones is 1. The van der Waals surface area contributed by atoms with Gasteiger partial charge in [-0.05, 0) is 173 Å². The van der Waals surface area contributed by atoms with Gasteiger partial charge in [-0.2, -0.15) is 0 Å². The van der Waals surface area contributed by atoms with Gasteiger partial charge in [0.25, 0.3) is 0 Å². The predicted molar refractivity (Wildman–Crippen MR) is 332 cm³/mol. The van der Waals surface area contributed by atoms with Gasteiger partial charge in [0.15, 0.2) is 9.84 Å². The van der Waals surface area contributed by atoms with Crippen LogP contribution < -0.4 is 24.8 Å². The van der Waals surface area contributed by atoms with Gasteiger partial charge in [-0.3, -0.25) is 14.6 Å². The SMILES string of the molecule is O=C(CCCCCNC(=O)NCCOCCOCCCS(=O)(=O)c1ccc(O[C@H]2c3cc(Cl)cc(Cl)c3C[C@@H]2N2CC3CCC2C3)cc1)CCCOCCOCCNS(=O)(=O)c1ccc(O[C@H]2c3cc(Cl)cc(Cl)c3C[C@@H]2N2CC3CCC2C3)cc1. The molecule has 2 saturated carbocycles. The molecule has 0 spiro atoms. The number of sulfone groups is 1. The number of Topliss-reactive ketones (excluding diaryl/α,β-unsaturated/α-hetero) is 1. The molecule has 86 heavy (non-hydrogen) atoms. The van der Waals surface area contributed by atoms with Crippen molar-refractivity contribution >= 4 is 78.1 Å². The number of nitrogens with one attached hydrogen (secondary N) is 3. The van der Waals surface area contributed by atoms with Crippen LogP contribution in [0.25, 0.3) is 0 Å². The quantitative estimate of drug-likeness (QED) is 0.0367. The molecule has 4 aromatic rings. The minimum atomic E-state index is -3.78. The Labute approximate surface area is 527 Å². The number of benzene rings is 4. The van der Waals surface area contributed by atoms with Crippen molar-refractivity contribution in [1.29, 1.82) is 0 Å². The molecular weight excluding hydrogens is 1220 g/mol. The molecule has 23 heteroatoms. The zero-order chi connectivity index (χ0) is 60.2. The summed E-state index contributed by atoms with van der Waals surface area (Å²) in [6.45, 7) is 5.39. The van der Waals surface area contributed by atoms with Gasteiger partial charge in [-0.15, -0.1) is 0 Å². The number of halogens is 4. The van der Waals surface area contributed by atoms with E-state index in [1.165, 1.54) is 38.5 Å². The third-order valence-electron chi connectivity index (χ3n) is 17.8. The third-order valence-corrected chi connectivity index (χ3v) is 22.2. The van der Waals surface area contributed by atoms with E-state index in [4.69, 9.17) is 74.8 Å². The van der Waals surface area contributed by atoms with Gasteiger partial charge in [0.2, 0.25) is 10.0 Å². The number of ether oxygens (including phenoxy) is 6. The molecule has 470 valence electrons. The predicted octanol–water partition coefficient (Wildman–Crippen LogP) is 10.8. The van der Waals surface area contributed by atoms with Gasteiger partial charge in [0.1, 0.15) is 29.5 Å². The molecule has 4 bridgehead atoms. The number of hydrogen-bond donors (Lipinski definition) is 3. The lowest BCUT2D eigenvalue weighted by Crippen LogP contribution is -2.44. The number of rotatable bonds is 35. The summed E-state index contributed by atoms with van der Waals surface area (Å²) >= 11 is 26.3. The Balaban J connectivity index is 0.494. The second kappa shape index (κ2) is 30.8. The second-order valence-corrected chi connectivity index (χ2v) is 29.3. The van der Waals surface area contributed by atoms with Gasteiger partial charge in [0, 0.05) is 102 Å². The van der Waals surface area contributed by atoms with Crippen molar-refractivity contribution in [2.24, 2.45) is 11.8 Å². The van der Waals surface area contributed by atoms with Crippen LogP contribution in [-0.4, -0.2) is 154 Å². The van der Waals surface area contributed by atoms with Crippen LogP contribution in [0.4, 0.5) is 4.79 Å². The first-order chi connectivity index (χ1) is 41.6. The lowest BCUT2D eigenvalue weighted by atomic mass is 10.0. The van der Waals surface area contributed by atoms with E-state index in [9.17, 15) is 26.4 Å². The molecule has 2 amide bonds. The van der Waals surface area contributed by atoms with E-state index in [1.54, 1.807) is 60.7 Å². The number of nitrogens with zero attached hydrogens (tertiary/aromatic N) is 2. The van der Waals surface area contributed by atoms with Crippen LogP contribution in [-0.2, 0) is 56.4 Å². The molecule has 2 saturated heterocycles. The molecule has 4 aliphatic carbocycles. The van der Waals surface area contributed by atoms with Crippen molar-refractivity contribution in [3.63, 3.8) is 0 Å². The molecule has 0 aromatic heterocycles. The van der Waals surface area contributed by atoms with Crippen molar-refractivity contribution < 1.29 is 54.8 Å². The molecule has 3 N–H and O–H groups in total. The smallest absolute Gasteiger partial charge is 0.314 e. The number of hydrogen-bond acceptors (Lipinski definition) is 14. The fourth-order valence-electron chi connectivity index (χ4n) is 13.6. The molecule has 4 unspecified atom stereocenters. The molecule has 6 aliphatic rings. The van der Waals surface area contributed by atoms with Crippen LogP contribution in [0.1, 0.15) is 118 Å². The first-order valence-corrected chi connectivity index (χ1v) is 35.3. The van der Waals surface area contributed by atoms with E-state index in [2.05, 4.69) is 25.2 Å². The number of likely N-dealkylation sites (tertiary alicyclic amines) is 2. The summed E-state index contributed by atoms with van der Waals surface area (Å²) in [5, 5.41) is 8.02. The topological polar surface area (TPSA) is 200 Å². The summed E-state index contributed by atoms with van der Waals surface area (Å²) in [7, 11) is -7.32. The van der Waals surface area contributed by atoms with Gasteiger partial charge in [-0.1, -0.05) is 52.8 Å². The van der Waals surface area contributed by atoms with Gasteiger partial charge >= 0.3 is 6.03 Å². The van der Waals surface area contributed by atoms with Crippen LogP contribution in [0.2, 0.25) is 20.1 Å². The Morgan fingerprint density at radius 1 is 0.523 bits per heavy atom. The Morgan fingerprint density at radius 3 is 1.53 bits per heavy atom. The summed E-state index contributed by atoms with van der Waals surface area (Å²) in [6.07, 6.45) is 12.6. The van der Waals surface area contributed by atoms with Gasteiger partial charge in [0.05, 0.1) is 67.3 Å². The molecule has 2 aliphatic heterocycles. The molecular formula is C63H81Cl4N5O12S2. The standard InChI is InChI=1S/C63H81Cl4N5O12S2/c64-44-34-55-53(57(66)36-44)38-59(71-40-42-8-10-46(71)32-42)61(55)83-49-12-16-51(17-13-49)85(75,76)31-5-24-80-28-29-81-25-21-69-63(74)68-20-3-1-2-6-48(73)7-4-23-79-27-30-82-26-22-70-86(77,78)52-18-14-50(15-19-52)84-62-56-35-45(65)37-58(67)54(56)39-60(62)72-41-43-9-11-47(72)33-43/h12-19,34-37,42-43,46-47,59-62,70H,1-11,20-33,38-41H2,(H2,68,69,74)/t42?,43?,46?,47?,59-,60-,61-,62-/m0/s1. The number of urea groups is 1. The van der Waals surface area contributed by atoms with E-state index in [-0.39, 0.29) is 71.4 Å². The maximum Gasteiger partial charge on any atom is 0.314 e. The summed E-state index contributed by atoms with van der Waals surface area (Å²) in [5.74, 6) is 2.73. The fraction of sp³-hybridized carbons (Fsp3) is 0.587. The maximum absolute atomic E-state index is 13.2. The number of fused-ring (bicyclic) bond motifs is 6. The minimum Gasteiger partial charge on any atom is -0.484 e. The summed E-state index contributed by atoms with van der Waals surface area (Å²) in [4.78, 5) is 30.1. The van der Waals surface area contributed by atoms with Crippen molar-refractivity contribution in [3.8, 4) is 11.5 Å². The van der Waals surface area contributed by atoms with Gasteiger partial charge in [-0.25, -0.2) is 26.4 Å². The number of carbonyl (C=O) groups is 2. The highest BCUT2D eigenvalue weighted by Gasteiger charge is 2.49. The normalized spacial score (nSPS) is 23.3. The highest BCUT2D eigenvalue weighted by Crippen LogP contribution is 2.50. The monoisotopic (exact) mass is 1300 g/mol. The molecule has 2 heterocycles. The average molecular weight is 1310 g/mol. The van der Waals surface area contributed by atoms with E-state index in [1.807, 2.05) is 12.1 Å². The minimum absolute atomic E-state index is 0.0587. The highest BCUT2D eigenvalue weighted by molar-refractivity contribution is 7.91. The maximum atomic E-state index is 13.2. The Bertz CT molecular complexity index is 2960. The number of sulfonamides is 1. The first-order valence-electron chi connectivity index (χ1n) is 30.7. The van der Waals surface area contributed by atoms with Crippen molar-refractivity contribution in [2.45, 2.75) is 142 Å². The zero-order valence-corrected chi connectivity index (χ0v) is 53.3. The van der Waals surface area contributed by atoms with E-state index in [0.717, 1.165) is 79.3 Å². The number of carbonyl (C=O) groups excluding carboxylic acids is 2. The summed E-state index contributed by atoms with van der Waals surface area (Å²) in [5.41, 5.74) is 4.12. The van der Waals surface area contributed by atoms with Crippen LogP contribution >= 0.6 is 46.4 Å². The molecule has 17 nitrogen and oxygen atoms in total. The first kappa shape index (κ1) is 65.2.